The van der Waals surface area contributed by atoms with Crippen LogP contribution in [-0.2, 0) is 10.0 Å². The summed E-state index contributed by atoms with van der Waals surface area (Å²) in [5, 5.41) is 3.07. The first-order valence-electron chi connectivity index (χ1n) is 11.1. The van der Waals surface area contributed by atoms with Gasteiger partial charge in [0.15, 0.2) is 0 Å². The van der Waals surface area contributed by atoms with E-state index >= 15 is 0 Å². The van der Waals surface area contributed by atoms with E-state index in [-0.39, 0.29) is 28.2 Å². The fraction of sp³-hybridized carbons (Fsp3) is 0.269. The van der Waals surface area contributed by atoms with Crippen molar-refractivity contribution in [1.82, 2.24) is 9.62 Å². The number of carbonyl (C=O) groups excluding carboxylic acids is 1. The molecule has 33 heavy (non-hydrogen) atoms. The van der Waals surface area contributed by atoms with Crippen LogP contribution in [-0.4, -0.2) is 38.8 Å². The van der Waals surface area contributed by atoms with Crippen molar-refractivity contribution in [3.8, 4) is 5.75 Å². The number of sulfonamides is 1. The number of piperidine rings is 1. The van der Waals surface area contributed by atoms with Crippen LogP contribution in [0.1, 0.15) is 46.8 Å². The topological polar surface area (TPSA) is 75.7 Å². The van der Waals surface area contributed by atoms with Gasteiger partial charge in [0, 0.05) is 18.7 Å². The molecule has 7 heteroatoms. The Morgan fingerprint density at radius 1 is 0.879 bits per heavy atom. The first-order chi connectivity index (χ1) is 16.0. The van der Waals surface area contributed by atoms with Gasteiger partial charge in [-0.15, -0.1) is 0 Å². The zero-order valence-corrected chi connectivity index (χ0v) is 19.4. The van der Waals surface area contributed by atoms with Crippen molar-refractivity contribution < 1.29 is 17.9 Å². The average Bonchev–Trinajstić information content (AvgIpc) is 2.88. The van der Waals surface area contributed by atoms with Gasteiger partial charge in [-0.3, -0.25) is 4.79 Å². The third kappa shape index (κ3) is 5.10. The predicted octanol–water partition coefficient (Wildman–Crippen LogP) is 4.39. The number of hydrogen-bond acceptors (Lipinski definition) is 4. The van der Waals surface area contributed by atoms with Gasteiger partial charge in [-0.1, -0.05) is 67.1 Å². The van der Waals surface area contributed by atoms with Gasteiger partial charge in [-0.05, 0) is 42.2 Å². The zero-order valence-electron chi connectivity index (χ0n) is 18.6. The van der Waals surface area contributed by atoms with Gasteiger partial charge in [0.25, 0.3) is 5.91 Å². The van der Waals surface area contributed by atoms with Gasteiger partial charge >= 0.3 is 0 Å². The molecule has 172 valence electrons. The van der Waals surface area contributed by atoms with Crippen molar-refractivity contribution in [3.63, 3.8) is 0 Å². The van der Waals surface area contributed by atoms with Gasteiger partial charge in [0.1, 0.15) is 10.6 Å². The van der Waals surface area contributed by atoms with E-state index in [4.69, 9.17) is 4.74 Å². The third-order valence-electron chi connectivity index (χ3n) is 5.90. The fourth-order valence-corrected chi connectivity index (χ4v) is 5.83. The minimum atomic E-state index is -3.77. The van der Waals surface area contributed by atoms with Crippen molar-refractivity contribution in [1.29, 1.82) is 0 Å². The van der Waals surface area contributed by atoms with Gasteiger partial charge in [0.2, 0.25) is 10.0 Å². The highest BCUT2D eigenvalue weighted by molar-refractivity contribution is 7.89. The van der Waals surface area contributed by atoms with Crippen LogP contribution in [0.4, 0.5) is 0 Å². The summed E-state index contributed by atoms with van der Waals surface area (Å²) in [4.78, 5) is 13.3. The summed E-state index contributed by atoms with van der Waals surface area (Å²) in [6.45, 7) is 0.956. The Morgan fingerprint density at radius 2 is 1.45 bits per heavy atom. The Hall–Kier alpha value is -3.16. The van der Waals surface area contributed by atoms with Crippen LogP contribution in [0.2, 0.25) is 0 Å². The summed E-state index contributed by atoms with van der Waals surface area (Å²) in [7, 11) is -2.33. The number of nitrogens with one attached hydrogen (secondary N) is 1. The summed E-state index contributed by atoms with van der Waals surface area (Å²) in [6.07, 6.45) is 2.68. The average molecular weight is 465 g/mol. The van der Waals surface area contributed by atoms with Gasteiger partial charge in [0.05, 0.1) is 13.2 Å². The lowest BCUT2D eigenvalue weighted by Gasteiger charge is -2.26. The van der Waals surface area contributed by atoms with Crippen LogP contribution >= 0.6 is 0 Å². The maximum absolute atomic E-state index is 13.3. The molecule has 3 aromatic carbocycles. The van der Waals surface area contributed by atoms with E-state index in [1.165, 1.54) is 17.5 Å². The first-order valence-corrected chi connectivity index (χ1v) is 12.5. The third-order valence-corrected chi connectivity index (χ3v) is 7.82. The zero-order chi connectivity index (χ0) is 23.3. The Labute approximate surface area is 195 Å². The molecule has 0 unspecified atom stereocenters. The van der Waals surface area contributed by atoms with Crippen LogP contribution < -0.4 is 10.1 Å². The minimum absolute atomic E-state index is 0.0236. The molecular formula is C26H28N2O4S. The van der Waals surface area contributed by atoms with Crippen LogP contribution in [0.3, 0.4) is 0 Å². The van der Waals surface area contributed by atoms with E-state index in [9.17, 15) is 13.2 Å². The SMILES string of the molecule is COc1ccc(C(=O)NC(c2ccccc2)c2ccccc2)cc1S(=O)(=O)N1CCCCC1. The van der Waals surface area contributed by atoms with E-state index in [2.05, 4.69) is 5.32 Å². The standard InChI is InChI=1S/C26H28N2O4S/c1-32-23-16-15-22(19-24(23)33(30,31)28-17-9-4-10-18-28)26(29)27-25(20-11-5-2-6-12-20)21-13-7-3-8-14-21/h2-3,5-8,11-16,19,25H,4,9-10,17-18H2,1H3,(H,27,29). The lowest BCUT2D eigenvalue weighted by Crippen LogP contribution is -2.36. The Bertz CT molecular complexity index is 1150. The Balaban J connectivity index is 1.67. The van der Waals surface area contributed by atoms with E-state index in [0.29, 0.717) is 13.1 Å². The van der Waals surface area contributed by atoms with E-state index in [0.717, 1.165) is 30.4 Å². The number of ether oxygens (including phenoxy) is 1. The highest BCUT2D eigenvalue weighted by atomic mass is 32.2. The van der Waals surface area contributed by atoms with Crippen LogP contribution in [0.25, 0.3) is 0 Å². The second-order valence-electron chi connectivity index (χ2n) is 8.06. The van der Waals surface area contributed by atoms with Crippen molar-refractivity contribution in [2.45, 2.75) is 30.2 Å². The lowest BCUT2D eigenvalue weighted by atomic mass is 9.98. The van der Waals surface area contributed by atoms with E-state index in [1.807, 2.05) is 60.7 Å². The molecule has 1 saturated heterocycles. The van der Waals surface area contributed by atoms with Crippen LogP contribution in [0.5, 0.6) is 5.75 Å². The molecule has 0 spiro atoms. The predicted molar refractivity (Wildman–Crippen MR) is 128 cm³/mol. The molecule has 0 saturated carbocycles. The summed E-state index contributed by atoms with van der Waals surface area (Å²) < 4.78 is 33.5. The second-order valence-corrected chi connectivity index (χ2v) is 9.96. The summed E-state index contributed by atoms with van der Waals surface area (Å²) >= 11 is 0. The normalized spacial score (nSPS) is 14.7. The number of amides is 1. The minimum Gasteiger partial charge on any atom is -0.495 e. The molecule has 0 radical (unpaired) electrons. The van der Waals surface area contributed by atoms with E-state index in [1.54, 1.807) is 12.1 Å². The van der Waals surface area contributed by atoms with Gasteiger partial charge in [-0.2, -0.15) is 4.31 Å². The molecule has 0 aromatic heterocycles. The summed E-state index contributed by atoms with van der Waals surface area (Å²) in [5.74, 6) is -0.120. The number of hydrogen-bond donors (Lipinski definition) is 1. The Morgan fingerprint density at radius 3 is 2.00 bits per heavy atom. The van der Waals surface area contributed by atoms with Crippen LogP contribution in [0, 0.1) is 0 Å². The molecule has 3 aromatic rings. The molecule has 1 aliphatic rings. The van der Waals surface area contributed by atoms with Crippen molar-refractivity contribution in [3.05, 3.63) is 95.6 Å². The highest BCUT2D eigenvalue weighted by Gasteiger charge is 2.30. The van der Waals surface area contributed by atoms with Gasteiger partial charge < -0.3 is 10.1 Å². The fourth-order valence-electron chi connectivity index (χ4n) is 4.13. The first kappa shape index (κ1) is 23.0. The second kappa shape index (κ2) is 10.2. The largest absolute Gasteiger partial charge is 0.495 e. The van der Waals surface area contributed by atoms with Crippen molar-refractivity contribution in [2.75, 3.05) is 20.2 Å². The molecule has 1 aliphatic heterocycles. The molecule has 1 amide bonds. The lowest BCUT2D eigenvalue weighted by molar-refractivity contribution is 0.0942. The Kier molecular flexibility index (Phi) is 7.11. The van der Waals surface area contributed by atoms with Crippen LogP contribution in [0.15, 0.2) is 83.8 Å². The highest BCUT2D eigenvalue weighted by Crippen LogP contribution is 2.30. The maximum Gasteiger partial charge on any atom is 0.252 e. The molecule has 1 fully saturated rings. The molecule has 0 bridgehead atoms. The molecule has 1 N–H and O–H groups in total. The molecule has 0 aliphatic carbocycles. The summed E-state index contributed by atoms with van der Waals surface area (Å²) in [5.41, 5.74) is 2.14. The smallest absolute Gasteiger partial charge is 0.252 e. The maximum atomic E-state index is 13.3. The monoisotopic (exact) mass is 464 g/mol. The number of benzene rings is 3. The molecular weight excluding hydrogens is 436 g/mol. The molecule has 0 atom stereocenters. The number of rotatable bonds is 7. The summed E-state index contributed by atoms with van der Waals surface area (Å²) in [6, 6.07) is 23.6. The number of methoxy groups -OCH3 is 1. The van der Waals surface area contributed by atoms with Crippen molar-refractivity contribution >= 4 is 15.9 Å². The van der Waals surface area contributed by atoms with Crippen molar-refractivity contribution in [2.24, 2.45) is 0 Å². The number of nitrogens with zero attached hydrogens (tertiary/aromatic N) is 1. The number of carbonyl (C=O) groups is 1. The molecule has 6 nitrogen and oxygen atoms in total. The van der Waals surface area contributed by atoms with E-state index < -0.39 is 10.0 Å². The molecule has 1 heterocycles. The quantitative estimate of drug-likeness (QED) is 0.563. The van der Waals surface area contributed by atoms with Gasteiger partial charge in [-0.25, -0.2) is 8.42 Å². The molecule has 4 rings (SSSR count).